The number of rotatable bonds is 6. The lowest BCUT2D eigenvalue weighted by Gasteiger charge is -2.26. The third-order valence-electron chi connectivity index (χ3n) is 6.15. The van der Waals surface area contributed by atoms with Crippen molar-refractivity contribution in [2.45, 2.75) is 76.8 Å². The van der Waals surface area contributed by atoms with Crippen LogP contribution < -0.4 is 5.32 Å². The number of hydrogen-bond donors (Lipinski definition) is 1. The van der Waals surface area contributed by atoms with Crippen LogP contribution in [0.2, 0.25) is 0 Å². The zero-order chi connectivity index (χ0) is 19.3. The Labute approximate surface area is 167 Å². The molecule has 1 aromatic heterocycles. The van der Waals surface area contributed by atoms with Gasteiger partial charge in [0.1, 0.15) is 6.33 Å². The zero-order valence-electron chi connectivity index (χ0n) is 16.8. The minimum atomic E-state index is -0.0372. The van der Waals surface area contributed by atoms with E-state index in [4.69, 9.17) is 0 Å². The molecule has 0 radical (unpaired) electrons. The van der Waals surface area contributed by atoms with Crippen LogP contribution in [-0.4, -0.2) is 32.2 Å². The van der Waals surface area contributed by atoms with Gasteiger partial charge in [0, 0.05) is 18.3 Å². The van der Waals surface area contributed by atoms with Gasteiger partial charge in [-0.2, -0.15) is 0 Å². The summed E-state index contributed by atoms with van der Waals surface area (Å²) in [6.07, 6.45) is 12.2. The fourth-order valence-electron chi connectivity index (χ4n) is 4.56. The lowest BCUT2D eigenvalue weighted by molar-refractivity contribution is 0.203. The Morgan fingerprint density at radius 1 is 1.14 bits per heavy atom. The Hall–Kier alpha value is -2.37. The van der Waals surface area contributed by atoms with Crippen LogP contribution in [0, 0.1) is 0 Å². The zero-order valence-corrected chi connectivity index (χ0v) is 16.8. The van der Waals surface area contributed by atoms with Crippen molar-refractivity contribution in [1.29, 1.82) is 0 Å². The molecule has 1 aliphatic carbocycles. The first kappa shape index (κ1) is 19.0. The van der Waals surface area contributed by atoms with Crippen molar-refractivity contribution in [3.63, 3.8) is 0 Å². The molecule has 1 N–H and O–H groups in total. The number of hydrogen-bond acceptors (Lipinski definition) is 3. The third kappa shape index (κ3) is 4.05. The monoisotopic (exact) mass is 381 g/mol. The van der Waals surface area contributed by atoms with Crippen molar-refractivity contribution in [2.24, 2.45) is 0 Å². The number of amides is 2. The fraction of sp³-hybridized carbons (Fsp3) is 0.591. The van der Waals surface area contributed by atoms with Crippen LogP contribution in [0.5, 0.6) is 0 Å². The minimum absolute atomic E-state index is 0.0203. The molecule has 4 rings (SSSR count). The van der Waals surface area contributed by atoms with Gasteiger partial charge in [0.2, 0.25) is 0 Å². The fourth-order valence-corrected chi connectivity index (χ4v) is 4.56. The van der Waals surface area contributed by atoms with Crippen LogP contribution in [0.25, 0.3) is 0 Å². The molecule has 2 aliphatic rings. The number of aryl methyl sites for hydroxylation is 1. The summed E-state index contributed by atoms with van der Waals surface area (Å²) < 4.78 is 2.23. The maximum absolute atomic E-state index is 13.0. The molecule has 6 nitrogen and oxygen atoms in total. The van der Waals surface area contributed by atoms with Crippen molar-refractivity contribution >= 4 is 11.7 Å². The van der Waals surface area contributed by atoms with E-state index in [2.05, 4.69) is 39.1 Å². The van der Waals surface area contributed by atoms with Crippen LogP contribution >= 0.6 is 0 Å². The molecule has 2 aromatic rings. The van der Waals surface area contributed by atoms with Gasteiger partial charge in [0.15, 0.2) is 5.82 Å². The van der Waals surface area contributed by atoms with E-state index < -0.39 is 0 Å². The Balaban J connectivity index is 1.43. The Kier molecular flexibility index (Phi) is 5.93. The lowest BCUT2D eigenvalue weighted by Crippen LogP contribution is -2.35. The second-order valence-electron chi connectivity index (χ2n) is 8.12. The van der Waals surface area contributed by atoms with Crippen molar-refractivity contribution in [1.82, 2.24) is 19.7 Å². The van der Waals surface area contributed by atoms with Gasteiger partial charge in [-0.1, -0.05) is 38.3 Å². The molecule has 1 saturated heterocycles. The number of nitrogens with zero attached hydrogens (tertiary/aromatic N) is 4. The predicted molar refractivity (Wildman–Crippen MR) is 110 cm³/mol. The number of likely N-dealkylation sites (tertiary alicyclic amines) is 1. The molecule has 28 heavy (non-hydrogen) atoms. The first-order valence-corrected chi connectivity index (χ1v) is 10.8. The molecule has 1 saturated carbocycles. The summed E-state index contributed by atoms with van der Waals surface area (Å²) in [7, 11) is 0. The normalized spacial score (nSPS) is 20.0. The van der Waals surface area contributed by atoms with E-state index >= 15 is 0 Å². The number of benzene rings is 1. The highest BCUT2D eigenvalue weighted by Gasteiger charge is 2.35. The first-order chi connectivity index (χ1) is 13.8. The van der Waals surface area contributed by atoms with E-state index in [9.17, 15) is 4.79 Å². The molecule has 0 bridgehead atoms. The molecule has 150 valence electrons. The summed E-state index contributed by atoms with van der Waals surface area (Å²) in [4.78, 5) is 14.9. The summed E-state index contributed by atoms with van der Waals surface area (Å²) in [5, 5.41) is 11.7. The Morgan fingerprint density at radius 3 is 2.68 bits per heavy atom. The van der Waals surface area contributed by atoms with Gasteiger partial charge in [-0.15, -0.1) is 10.2 Å². The highest BCUT2D eigenvalue weighted by Crippen LogP contribution is 2.36. The Bertz CT molecular complexity index is 778. The van der Waals surface area contributed by atoms with Gasteiger partial charge < -0.3 is 14.8 Å². The average molecular weight is 382 g/mol. The first-order valence-electron chi connectivity index (χ1n) is 10.8. The molecule has 2 fully saturated rings. The molecule has 2 heterocycles. The number of unbranched alkanes of at least 4 members (excludes halogenated alkanes) is 1. The second kappa shape index (κ2) is 8.76. The number of aromatic nitrogens is 3. The molecule has 1 aliphatic heterocycles. The van der Waals surface area contributed by atoms with Crippen LogP contribution in [0.1, 0.15) is 81.8 Å². The molecule has 1 unspecified atom stereocenters. The summed E-state index contributed by atoms with van der Waals surface area (Å²) >= 11 is 0. The molecular weight excluding hydrogens is 350 g/mol. The molecule has 2 amide bonds. The number of nitrogens with one attached hydrogen (secondary N) is 1. The van der Waals surface area contributed by atoms with Crippen molar-refractivity contribution in [3.8, 4) is 0 Å². The van der Waals surface area contributed by atoms with Crippen molar-refractivity contribution in [2.75, 3.05) is 11.9 Å². The predicted octanol–water partition coefficient (Wildman–Crippen LogP) is 5.10. The molecule has 6 heteroatoms. The van der Waals surface area contributed by atoms with Gasteiger partial charge in [-0.05, 0) is 56.2 Å². The van der Waals surface area contributed by atoms with Gasteiger partial charge in [0.05, 0.1) is 6.04 Å². The minimum Gasteiger partial charge on any atom is -0.314 e. The quantitative estimate of drug-likeness (QED) is 0.757. The van der Waals surface area contributed by atoms with Gasteiger partial charge in [0.25, 0.3) is 0 Å². The molecule has 0 spiro atoms. The van der Waals surface area contributed by atoms with Crippen LogP contribution in [0.15, 0.2) is 30.6 Å². The van der Waals surface area contributed by atoms with Crippen molar-refractivity contribution < 1.29 is 4.79 Å². The average Bonchev–Trinajstić information content (AvgIpc) is 3.47. The number of anilines is 1. The van der Waals surface area contributed by atoms with E-state index in [0.717, 1.165) is 37.3 Å². The summed E-state index contributed by atoms with van der Waals surface area (Å²) in [5.41, 5.74) is 2.18. The SMILES string of the molecule is CCCCc1ccc(NC(=O)N2CCCC2c2nncn2C2CCCC2)cc1. The Morgan fingerprint density at radius 2 is 1.93 bits per heavy atom. The third-order valence-corrected chi connectivity index (χ3v) is 6.15. The van der Waals surface area contributed by atoms with Gasteiger partial charge in [-0.25, -0.2) is 4.79 Å². The van der Waals surface area contributed by atoms with E-state index in [0.29, 0.717) is 6.04 Å². The molecular formula is C22H31N5O. The standard InChI is InChI=1S/C22H31N5O/c1-2-3-7-17-11-13-18(14-12-17)24-22(28)26-15-6-10-20(26)21-25-23-16-27(21)19-8-4-5-9-19/h11-14,16,19-20H,2-10,15H2,1H3,(H,24,28). The van der Waals surface area contributed by atoms with Crippen molar-refractivity contribution in [3.05, 3.63) is 42.0 Å². The smallest absolute Gasteiger partial charge is 0.314 e. The number of urea groups is 1. The topological polar surface area (TPSA) is 63.1 Å². The van der Waals surface area contributed by atoms with Crippen LogP contribution in [0.3, 0.4) is 0 Å². The van der Waals surface area contributed by atoms with E-state index in [-0.39, 0.29) is 12.1 Å². The highest BCUT2D eigenvalue weighted by molar-refractivity contribution is 5.89. The molecule has 1 atom stereocenters. The summed E-state index contributed by atoms with van der Waals surface area (Å²) in [5.74, 6) is 0.953. The maximum Gasteiger partial charge on any atom is 0.322 e. The highest BCUT2D eigenvalue weighted by atomic mass is 16.2. The van der Waals surface area contributed by atoms with E-state index in [1.54, 1.807) is 0 Å². The number of carbonyl (C=O) groups is 1. The van der Waals surface area contributed by atoms with E-state index in [1.165, 1.54) is 44.1 Å². The van der Waals surface area contributed by atoms with Crippen LogP contribution in [0.4, 0.5) is 10.5 Å². The summed E-state index contributed by atoms with van der Waals surface area (Å²) in [6.45, 7) is 2.97. The maximum atomic E-state index is 13.0. The summed E-state index contributed by atoms with van der Waals surface area (Å²) in [6, 6.07) is 8.72. The molecule has 1 aromatic carbocycles. The lowest BCUT2D eigenvalue weighted by atomic mass is 10.1. The number of carbonyl (C=O) groups excluding carboxylic acids is 1. The van der Waals surface area contributed by atoms with E-state index in [1.807, 2.05) is 23.4 Å². The van der Waals surface area contributed by atoms with Gasteiger partial charge >= 0.3 is 6.03 Å². The largest absolute Gasteiger partial charge is 0.322 e. The van der Waals surface area contributed by atoms with Gasteiger partial charge in [-0.3, -0.25) is 0 Å². The van der Waals surface area contributed by atoms with Crippen LogP contribution in [-0.2, 0) is 6.42 Å². The second-order valence-corrected chi connectivity index (χ2v) is 8.12.